The number of rotatable bonds is 3. The second-order valence-corrected chi connectivity index (χ2v) is 6.10. The lowest BCUT2D eigenvalue weighted by Crippen LogP contribution is -2.29. The second-order valence-electron chi connectivity index (χ2n) is 6.10. The maximum Gasteiger partial charge on any atom is 0.410 e. The molecule has 1 fully saturated rings. The fourth-order valence-electron chi connectivity index (χ4n) is 3.14. The van der Waals surface area contributed by atoms with E-state index in [1.54, 1.807) is 11.1 Å². The van der Waals surface area contributed by atoms with Crippen LogP contribution in [0.15, 0.2) is 59.5 Å². The van der Waals surface area contributed by atoms with E-state index in [-0.39, 0.29) is 24.2 Å². The highest BCUT2D eigenvalue weighted by molar-refractivity contribution is 5.70. The third-order valence-electron chi connectivity index (χ3n) is 4.43. The molecule has 1 aliphatic heterocycles. The van der Waals surface area contributed by atoms with E-state index in [1.165, 1.54) is 10.5 Å². The maximum atomic E-state index is 12.3. The summed E-state index contributed by atoms with van der Waals surface area (Å²) in [6.45, 7) is 2.44. The van der Waals surface area contributed by atoms with Gasteiger partial charge >= 0.3 is 6.09 Å². The lowest BCUT2D eigenvalue weighted by atomic mass is 10.1. The summed E-state index contributed by atoms with van der Waals surface area (Å²) in [5.74, 6) is 0. The number of hydrogen-bond acceptors (Lipinski definition) is 4. The van der Waals surface area contributed by atoms with Crippen LogP contribution in [0.5, 0.6) is 0 Å². The van der Waals surface area contributed by atoms with Crippen LogP contribution in [0.25, 0.3) is 5.65 Å². The van der Waals surface area contributed by atoms with Crippen molar-refractivity contribution in [3.8, 4) is 0 Å². The van der Waals surface area contributed by atoms with Crippen molar-refractivity contribution < 1.29 is 9.53 Å². The zero-order valence-corrected chi connectivity index (χ0v) is 13.8. The van der Waals surface area contributed by atoms with Gasteiger partial charge in [-0.15, -0.1) is 0 Å². The van der Waals surface area contributed by atoms with E-state index in [2.05, 4.69) is 4.98 Å². The van der Waals surface area contributed by atoms with Gasteiger partial charge in [0.25, 0.3) is 5.56 Å². The van der Waals surface area contributed by atoms with Crippen LogP contribution in [0.3, 0.4) is 0 Å². The Kier molecular flexibility index (Phi) is 3.72. The lowest BCUT2D eigenvalue weighted by Gasteiger charge is -2.21. The summed E-state index contributed by atoms with van der Waals surface area (Å²) in [7, 11) is 0. The molecule has 1 atom stereocenters. The molecule has 4 rings (SSSR count). The first-order valence-electron chi connectivity index (χ1n) is 8.10. The molecule has 1 saturated heterocycles. The van der Waals surface area contributed by atoms with Gasteiger partial charge in [-0.1, -0.05) is 36.4 Å². The topological polar surface area (TPSA) is 63.9 Å². The van der Waals surface area contributed by atoms with Crippen molar-refractivity contribution in [2.45, 2.75) is 19.5 Å². The minimum atomic E-state index is -0.388. The van der Waals surface area contributed by atoms with Gasteiger partial charge in [0, 0.05) is 12.3 Å². The molecule has 0 N–H and O–H groups in total. The van der Waals surface area contributed by atoms with Crippen molar-refractivity contribution in [2.75, 3.05) is 6.61 Å². The molecule has 3 heterocycles. The van der Waals surface area contributed by atoms with Crippen molar-refractivity contribution in [3.63, 3.8) is 0 Å². The molecule has 1 aliphatic rings. The minimum absolute atomic E-state index is 0.160. The quantitative estimate of drug-likeness (QED) is 0.738. The summed E-state index contributed by atoms with van der Waals surface area (Å²) < 4.78 is 6.73. The van der Waals surface area contributed by atoms with Crippen molar-refractivity contribution in [2.24, 2.45) is 0 Å². The molecular weight excluding hydrogens is 318 g/mol. The summed E-state index contributed by atoms with van der Waals surface area (Å²) >= 11 is 0. The largest absolute Gasteiger partial charge is 0.447 e. The average Bonchev–Trinajstić information content (AvgIpc) is 2.97. The van der Waals surface area contributed by atoms with Gasteiger partial charge in [-0.2, -0.15) is 0 Å². The number of hydrogen-bond donors (Lipinski definition) is 0. The Balaban J connectivity index is 1.71. The number of aromatic nitrogens is 2. The van der Waals surface area contributed by atoms with Crippen molar-refractivity contribution in [1.29, 1.82) is 0 Å². The first kappa shape index (κ1) is 15.4. The Morgan fingerprint density at radius 2 is 1.96 bits per heavy atom. The molecule has 25 heavy (non-hydrogen) atoms. The predicted octanol–water partition coefficient (Wildman–Crippen LogP) is 2.70. The SMILES string of the molecule is Cc1cccn2c(=O)cc(CN3C(=O)OCC3c3ccccc3)nc12. The van der Waals surface area contributed by atoms with Crippen LogP contribution in [0.4, 0.5) is 4.79 Å². The predicted molar refractivity (Wildman–Crippen MR) is 92.3 cm³/mol. The summed E-state index contributed by atoms with van der Waals surface area (Å²) in [6.07, 6.45) is 1.30. The third kappa shape index (κ3) is 2.76. The van der Waals surface area contributed by atoms with Gasteiger partial charge in [-0.25, -0.2) is 9.78 Å². The Morgan fingerprint density at radius 1 is 1.16 bits per heavy atom. The van der Waals surface area contributed by atoms with Gasteiger partial charge in [0.05, 0.1) is 18.3 Å². The Morgan fingerprint density at radius 3 is 2.76 bits per heavy atom. The van der Waals surface area contributed by atoms with E-state index in [1.807, 2.05) is 49.4 Å². The summed E-state index contributed by atoms with van der Waals surface area (Å²) in [4.78, 5) is 30.7. The molecule has 3 aromatic rings. The molecule has 0 saturated carbocycles. The van der Waals surface area contributed by atoms with E-state index in [0.29, 0.717) is 17.9 Å². The van der Waals surface area contributed by atoms with Crippen LogP contribution >= 0.6 is 0 Å². The minimum Gasteiger partial charge on any atom is -0.447 e. The highest BCUT2D eigenvalue weighted by atomic mass is 16.6. The number of fused-ring (bicyclic) bond motifs is 1. The first-order valence-corrected chi connectivity index (χ1v) is 8.10. The fourth-order valence-corrected chi connectivity index (χ4v) is 3.14. The highest BCUT2D eigenvalue weighted by Crippen LogP contribution is 2.28. The number of aryl methyl sites for hydroxylation is 1. The maximum absolute atomic E-state index is 12.3. The number of carbonyl (C=O) groups excluding carboxylic acids is 1. The number of amides is 1. The number of carbonyl (C=O) groups is 1. The van der Waals surface area contributed by atoms with E-state index >= 15 is 0 Å². The van der Waals surface area contributed by atoms with Crippen LogP contribution in [-0.4, -0.2) is 27.0 Å². The molecule has 6 heteroatoms. The second kappa shape index (κ2) is 6.05. The van der Waals surface area contributed by atoms with Crippen molar-refractivity contribution in [1.82, 2.24) is 14.3 Å². The van der Waals surface area contributed by atoms with Gasteiger partial charge in [-0.3, -0.25) is 14.1 Å². The number of ether oxygens (including phenoxy) is 1. The number of cyclic esters (lactones) is 1. The van der Waals surface area contributed by atoms with Crippen molar-refractivity contribution in [3.05, 3.63) is 81.9 Å². The molecule has 1 amide bonds. The molecule has 0 radical (unpaired) electrons. The van der Waals surface area contributed by atoms with Crippen LogP contribution in [0, 0.1) is 6.92 Å². The zero-order valence-electron chi connectivity index (χ0n) is 13.8. The van der Waals surface area contributed by atoms with Crippen LogP contribution in [0.1, 0.15) is 22.9 Å². The van der Waals surface area contributed by atoms with Gasteiger partial charge in [0.1, 0.15) is 12.3 Å². The lowest BCUT2D eigenvalue weighted by molar-refractivity contribution is 0.156. The molecule has 1 unspecified atom stereocenters. The first-order chi connectivity index (χ1) is 12.1. The molecule has 1 aromatic carbocycles. The number of nitrogens with zero attached hydrogens (tertiary/aromatic N) is 3. The monoisotopic (exact) mass is 335 g/mol. The third-order valence-corrected chi connectivity index (χ3v) is 4.43. The zero-order chi connectivity index (χ0) is 17.4. The van der Waals surface area contributed by atoms with E-state index in [4.69, 9.17) is 4.74 Å². The van der Waals surface area contributed by atoms with Gasteiger partial charge < -0.3 is 4.74 Å². The van der Waals surface area contributed by atoms with E-state index < -0.39 is 0 Å². The fraction of sp³-hybridized carbons (Fsp3) is 0.211. The molecule has 2 aromatic heterocycles. The van der Waals surface area contributed by atoms with Gasteiger partial charge in [-0.05, 0) is 24.1 Å². The van der Waals surface area contributed by atoms with Gasteiger partial charge in [0.15, 0.2) is 0 Å². The van der Waals surface area contributed by atoms with Crippen LogP contribution in [0.2, 0.25) is 0 Å². The Labute approximate surface area is 144 Å². The molecular formula is C19H17N3O3. The average molecular weight is 335 g/mol. The molecule has 0 spiro atoms. The Hall–Kier alpha value is -3.15. The highest BCUT2D eigenvalue weighted by Gasteiger charge is 2.34. The number of benzene rings is 1. The summed E-state index contributed by atoms with van der Waals surface area (Å²) in [5, 5.41) is 0. The standard InChI is InChI=1S/C19H17N3O3/c1-13-6-5-9-21-17(23)10-15(20-18(13)21)11-22-16(12-25-19(22)24)14-7-3-2-4-8-14/h2-10,16H,11-12H2,1H3. The smallest absolute Gasteiger partial charge is 0.410 e. The van der Waals surface area contributed by atoms with Gasteiger partial charge in [0.2, 0.25) is 0 Å². The molecule has 126 valence electrons. The van der Waals surface area contributed by atoms with Crippen LogP contribution in [-0.2, 0) is 11.3 Å². The molecule has 0 aliphatic carbocycles. The Bertz CT molecular complexity index is 998. The van der Waals surface area contributed by atoms with Crippen LogP contribution < -0.4 is 5.56 Å². The number of pyridine rings is 1. The summed E-state index contributed by atoms with van der Waals surface area (Å²) in [6, 6.07) is 14.7. The normalized spacial score (nSPS) is 17.1. The van der Waals surface area contributed by atoms with Crippen molar-refractivity contribution >= 4 is 11.7 Å². The molecule has 0 bridgehead atoms. The summed E-state index contributed by atoms with van der Waals surface area (Å²) in [5.41, 5.74) is 2.91. The van der Waals surface area contributed by atoms with E-state index in [9.17, 15) is 9.59 Å². The molecule has 6 nitrogen and oxygen atoms in total. The van der Waals surface area contributed by atoms with E-state index in [0.717, 1.165) is 11.1 Å².